The fourth-order valence-electron chi connectivity index (χ4n) is 8.27. The smallest absolute Gasteiger partial charge is 0.335 e. The number of carbonyl (C=O) groups is 1. The van der Waals surface area contributed by atoms with Gasteiger partial charge in [-0.1, -0.05) is 36.4 Å². The zero-order chi connectivity index (χ0) is 24.9. The quantitative estimate of drug-likeness (QED) is 0.375. The molecule has 4 heteroatoms. The van der Waals surface area contributed by atoms with Crippen LogP contribution in [0.2, 0.25) is 0 Å². The monoisotopic (exact) mass is 482 g/mol. The van der Waals surface area contributed by atoms with E-state index in [0.717, 1.165) is 48.4 Å². The van der Waals surface area contributed by atoms with Gasteiger partial charge in [0.2, 0.25) is 0 Å². The molecule has 2 aromatic carbocycles. The van der Waals surface area contributed by atoms with Crippen molar-refractivity contribution < 1.29 is 9.90 Å². The Labute approximate surface area is 214 Å². The van der Waals surface area contributed by atoms with Gasteiger partial charge in [0.1, 0.15) is 5.82 Å². The maximum Gasteiger partial charge on any atom is 0.335 e. The Hall–Kier alpha value is -2.88. The zero-order valence-corrected chi connectivity index (χ0v) is 21.7. The lowest BCUT2D eigenvalue weighted by Gasteiger charge is -2.57. The predicted octanol–water partition coefficient (Wildman–Crippen LogP) is 7.03. The third-order valence-corrected chi connectivity index (χ3v) is 9.56. The Morgan fingerprint density at radius 3 is 2.33 bits per heavy atom. The molecular weight excluding hydrogens is 444 g/mol. The maximum atomic E-state index is 11.5. The molecule has 1 N–H and O–H groups in total. The number of carboxylic acid groups (broad SMARTS) is 1. The Balaban J connectivity index is 1.28. The molecule has 4 nitrogen and oxygen atoms in total. The first kappa shape index (κ1) is 23.5. The van der Waals surface area contributed by atoms with Crippen LogP contribution in [0.5, 0.6) is 0 Å². The van der Waals surface area contributed by atoms with E-state index in [1.165, 1.54) is 67.5 Å². The third-order valence-electron chi connectivity index (χ3n) is 9.56. The van der Waals surface area contributed by atoms with Gasteiger partial charge in [-0.25, -0.2) is 9.78 Å². The van der Waals surface area contributed by atoms with Crippen LogP contribution in [0, 0.1) is 30.1 Å². The van der Waals surface area contributed by atoms with Crippen LogP contribution in [0.1, 0.15) is 77.8 Å². The van der Waals surface area contributed by atoms with Crippen molar-refractivity contribution in [1.82, 2.24) is 9.55 Å². The molecule has 0 spiro atoms. The lowest BCUT2D eigenvalue weighted by Crippen LogP contribution is -2.46. The molecule has 0 saturated heterocycles. The van der Waals surface area contributed by atoms with Crippen molar-refractivity contribution in [3.8, 4) is 11.4 Å². The number of imidazole rings is 1. The molecule has 0 atom stereocenters. The summed E-state index contributed by atoms with van der Waals surface area (Å²) in [5.74, 6) is 3.12. The zero-order valence-electron chi connectivity index (χ0n) is 21.7. The van der Waals surface area contributed by atoms with E-state index in [2.05, 4.69) is 42.8 Å². The minimum absolute atomic E-state index is 0.358. The van der Waals surface area contributed by atoms with Crippen molar-refractivity contribution >= 4 is 5.97 Å². The number of hydrogen-bond acceptors (Lipinski definition) is 2. The molecule has 4 aliphatic carbocycles. The van der Waals surface area contributed by atoms with Gasteiger partial charge in [0.05, 0.1) is 11.3 Å². The second kappa shape index (κ2) is 9.21. The summed E-state index contributed by atoms with van der Waals surface area (Å²) in [4.78, 5) is 16.7. The predicted molar refractivity (Wildman–Crippen MR) is 143 cm³/mol. The van der Waals surface area contributed by atoms with Crippen LogP contribution < -0.4 is 0 Å². The van der Waals surface area contributed by atoms with Crippen LogP contribution in [0.3, 0.4) is 0 Å². The first-order chi connectivity index (χ1) is 17.4. The van der Waals surface area contributed by atoms with Crippen molar-refractivity contribution in [2.75, 3.05) is 0 Å². The Bertz CT molecular complexity index is 1250. The van der Waals surface area contributed by atoms with Crippen LogP contribution in [0.25, 0.3) is 11.4 Å². The van der Waals surface area contributed by atoms with Gasteiger partial charge in [-0.05, 0) is 118 Å². The molecule has 7 rings (SSSR count). The number of nitrogens with zero attached hydrogens (tertiary/aromatic N) is 2. The highest BCUT2D eigenvalue weighted by Gasteiger charge is 2.50. The largest absolute Gasteiger partial charge is 0.478 e. The van der Waals surface area contributed by atoms with Gasteiger partial charge < -0.3 is 9.67 Å². The van der Waals surface area contributed by atoms with Crippen LogP contribution in [-0.4, -0.2) is 20.6 Å². The van der Waals surface area contributed by atoms with E-state index in [9.17, 15) is 9.90 Å². The molecule has 0 unspecified atom stereocenters. The molecule has 4 aliphatic rings. The minimum atomic E-state index is -0.868. The molecule has 3 aromatic rings. The molecule has 36 heavy (non-hydrogen) atoms. The van der Waals surface area contributed by atoms with Crippen LogP contribution in [0.15, 0.2) is 48.5 Å². The summed E-state index contributed by atoms with van der Waals surface area (Å²) in [7, 11) is 2.19. The summed E-state index contributed by atoms with van der Waals surface area (Å²) in [5, 5.41) is 9.40. The molecule has 0 amide bonds. The van der Waals surface area contributed by atoms with Crippen molar-refractivity contribution in [2.45, 2.75) is 71.1 Å². The van der Waals surface area contributed by atoms with Crippen LogP contribution in [-0.2, 0) is 26.3 Å². The third kappa shape index (κ3) is 4.40. The minimum Gasteiger partial charge on any atom is -0.478 e. The second-order valence-electron chi connectivity index (χ2n) is 12.1. The first-order valence-electron chi connectivity index (χ1n) is 13.8. The van der Waals surface area contributed by atoms with E-state index in [1.807, 2.05) is 18.2 Å². The fraction of sp³-hybridized carbons (Fsp3) is 0.500. The average Bonchev–Trinajstić information content (AvgIpc) is 3.16. The highest BCUT2D eigenvalue weighted by molar-refractivity contribution is 5.87. The first-order valence-corrected chi connectivity index (χ1v) is 13.8. The normalized spacial score (nSPS) is 26.4. The van der Waals surface area contributed by atoms with Gasteiger partial charge in [-0.3, -0.25) is 0 Å². The van der Waals surface area contributed by atoms with Crippen molar-refractivity contribution in [3.63, 3.8) is 0 Å². The fourth-order valence-corrected chi connectivity index (χ4v) is 8.27. The topological polar surface area (TPSA) is 55.1 Å². The molecule has 4 saturated carbocycles. The summed E-state index contributed by atoms with van der Waals surface area (Å²) >= 11 is 0. The molecule has 188 valence electrons. The van der Waals surface area contributed by atoms with E-state index >= 15 is 0 Å². The molecule has 1 heterocycles. The molecule has 4 bridgehead atoms. The van der Waals surface area contributed by atoms with E-state index in [-0.39, 0.29) is 0 Å². The maximum absolute atomic E-state index is 11.5. The second-order valence-corrected chi connectivity index (χ2v) is 12.1. The van der Waals surface area contributed by atoms with Gasteiger partial charge in [0, 0.05) is 18.3 Å². The summed E-state index contributed by atoms with van der Waals surface area (Å²) in [6.45, 7) is 2.16. The number of aryl methyl sites for hydroxylation is 3. The molecule has 0 aliphatic heterocycles. The van der Waals surface area contributed by atoms with Crippen molar-refractivity contribution in [1.29, 1.82) is 0 Å². The molecule has 1 aromatic heterocycles. The lowest BCUT2D eigenvalue weighted by molar-refractivity contribution is -0.0571. The standard InChI is InChI=1S/C32H38N2O2/c1-21-6-3-4-9-27(21)30-33-28(11-10-22-7-5-8-26(17-22)31(35)36)29(34(30)2)12-13-32-18-23-14-24(19-32)16-25(15-23)20-32/h3-9,17,23-25H,10-16,18-20H2,1-2H3,(H,35,36). The van der Waals surface area contributed by atoms with Crippen molar-refractivity contribution in [3.05, 3.63) is 76.6 Å². The highest BCUT2D eigenvalue weighted by atomic mass is 16.4. The number of benzene rings is 2. The molecule has 4 fully saturated rings. The van der Waals surface area contributed by atoms with Gasteiger partial charge in [0.15, 0.2) is 0 Å². The van der Waals surface area contributed by atoms with Gasteiger partial charge in [-0.15, -0.1) is 0 Å². The summed E-state index contributed by atoms with van der Waals surface area (Å²) in [6, 6.07) is 15.9. The molecular formula is C32H38N2O2. The lowest BCUT2D eigenvalue weighted by atomic mass is 9.48. The van der Waals surface area contributed by atoms with Crippen LogP contribution >= 0.6 is 0 Å². The average molecular weight is 483 g/mol. The number of aromatic carboxylic acids is 1. The van der Waals surface area contributed by atoms with Gasteiger partial charge in [0.25, 0.3) is 0 Å². The Kier molecular flexibility index (Phi) is 6.02. The van der Waals surface area contributed by atoms with E-state index in [4.69, 9.17) is 4.98 Å². The Morgan fingerprint density at radius 1 is 0.972 bits per heavy atom. The van der Waals surface area contributed by atoms with E-state index in [1.54, 1.807) is 6.07 Å². The number of rotatable bonds is 8. The number of hydrogen-bond donors (Lipinski definition) is 1. The Morgan fingerprint density at radius 2 is 1.67 bits per heavy atom. The highest BCUT2D eigenvalue weighted by Crippen LogP contribution is 2.61. The van der Waals surface area contributed by atoms with Crippen molar-refractivity contribution in [2.24, 2.45) is 30.2 Å². The number of carboxylic acids is 1. The summed E-state index contributed by atoms with van der Waals surface area (Å²) < 4.78 is 2.35. The number of aromatic nitrogens is 2. The SMILES string of the molecule is Cc1ccccc1-c1nc(CCc2cccc(C(=O)O)c2)c(CCC23CC4CC(CC(C4)C2)C3)n1C. The van der Waals surface area contributed by atoms with Gasteiger partial charge in [-0.2, -0.15) is 0 Å². The summed E-state index contributed by atoms with van der Waals surface area (Å²) in [6.07, 6.45) is 12.8. The van der Waals surface area contributed by atoms with Crippen LogP contribution in [0.4, 0.5) is 0 Å². The van der Waals surface area contributed by atoms with E-state index < -0.39 is 5.97 Å². The van der Waals surface area contributed by atoms with E-state index in [0.29, 0.717) is 11.0 Å². The molecule has 0 radical (unpaired) electrons. The summed E-state index contributed by atoms with van der Waals surface area (Å²) in [5.41, 5.74) is 6.98. The van der Waals surface area contributed by atoms with Gasteiger partial charge >= 0.3 is 5.97 Å².